The van der Waals surface area contributed by atoms with Crippen LogP contribution in [0.3, 0.4) is 0 Å². The summed E-state index contributed by atoms with van der Waals surface area (Å²) >= 11 is 0. The molecule has 130 valence electrons. The summed E-state index contributed by atoms with van der Waals surface area (Å²) in [5.41, 5.74) is 2.49. The number of aryl methyl sites for hydroxylation is 1. The lowest BCUT2D eigenvalue weighted by molar-refractivity contribution is 0.0940. The molecule has 0 atom stereocenters. The lowest BCUT2D eigenvalue weighted by Crippen LogP contribution is -2.25. The zero-order chi connectivity index (χ0) is 17.8. The monoisotopic (exact) mass is 339 g/mol. The molecule has 2 aromatic heterocycles. The number of hydrogen-bond donors (Lipinski definition) is 1. The highest BCUT2D eigenvalue weighted by Crippen LogP contribution is 2.14. The van der Waals surface area contributed by atoms with E-state index in [9.17, 15) is 4.79 Å². The molecule has 0 aliphatic heterocycles. The van der Waals surface area contributed by atoms with Gasteiger partial charge in [-0.1, -0.05) is 49.3 Å². The molecule has 0 fully saturated rings. The van der Waals surface area contributed by atoms with E-state index in [0.717, 1.165) is 11.3 Å². The summed E-state index contributed by atoms with van der Waals surface area (Å²) in [4.78, 5) is 16.6. The van der Waals surface area contributed by atoms with Crippen molar-refractivity contribution in [2.45, 2.75) is 32.7 Å². The third-order valence-corrected chi connectivity index (χ3v) is 3.84. The Bertz CT molecular complexity index is 851. The third-order valence-electron chi connectivity index (χ3n) is 3.84. The van der Waals surface area contributed by atoms with Gasteiger partial charge in [0.2, 0.25) is 5.89 Å². The van der Waals surface area contributed by atoms with Gasteiger partial charge in [0, 0.05) is 7.05 Å². The molecule has 25 heavy (non-hydrogen) atoms. The first-order valence-corrected chi connectivity index (χ1v) is 8.20. The van der Waals surface area contributed by atoms with Gasteiger partial charge in [-0.05, 0) is 17.5 Å². The summed E-state index contributed by atoms with van der Waals surface area (Å²) in [5.74, 6) is 1.03. The Morgan fingerprint density at radius 1 is 1.28 bits per heavy atom. The Labute approximate surface area is 146 Å². The van der Waals surface area contributed by atoms with Crippen molar-refractivity contribution < 1.29 is 9.32 Å². The van der Waals surface area contributed by atoms with E-state index in [4.69, 9.17) is 4.52 Å². The van der Waals surface area contributed by atoms with Gasteiger partial charge in [0.15, 0.2) is 5.82 Å². The normalized spacial score (nSPS) is 11.0. The van der Waals surface area contributed by atoms with Crippen LogP contribution < -0.4 is 5.32 Å². The smallest absolute Gasteiger partial charge is 0.269 e. The van der Waals surface area contributed by atoms with E-state index in [0.29, 0.717) is 23.8 Å². The maximum absolute atomic E-state index is 12.3. The summed E-state index contributed by atoms with van der Waals surface area (Å²) in [5, 5.41) is 11.1. The average Bonchev–Trinajstić information content (AvgIpc) is 3.20. The fraction of sp³-hybridized carbons (Fsp3) is 0.333. The molecule has 0 saturated heterocycles. The van der Waals surface area contributed by atoms with Crippen molar-refractivity contribution in [3.63, 3.8) is 0 Å². The summed E-state index contributed by atoms with van der Waals surface area (Å²) in [6.07, 6.45) is 0.571. The highest BCUT2D eigenvalue weighted by Gasteiger charge is 2.16. The van der Waals surface area contributed by atoms with E-state index >= 15 is 0 Å². The number of nitrogens with zero attached hydrogens (tertiary/aromatic N) is 4. The number of carbonyl (C=O) groups excluding carboxylic acids is 1. The van der Waals surface area contributed by atoms with E-state index in [1.807, 2.05) is 44.2 Å². The van der Waals surface area contributed by atoms with Gasteiger partial charge >= 0.3 is 0 Å². The topological polar surface area (TPSA) is 85.8 Å². The van der Waals surface area contributed by atoms with Crippen molar-refractivity contribution >= 4 is 5.91 Å². The van der Waals surface area contributed by atoms with Crippen LogP contribution in [0.4, 0.5) is 0 Å². The molecule has 0 bridgehead atoms. The van der Waals surface area contributed by atoms with E-state index in [1.54, 1.807) is 17.8 Å². The number of nitrogens with one attached hydrogen (secondary N) is 1. The van der Waals surface area contributed by atoms with Crippen LogP contribution in [-0.4, -0.2) is 25.8 Å². The molecule has 0 unspecified atom stereocenters. The second-order valence-electron chi connectivity index (χ2n) is 6.18. The van der Waals surface area contributed by atoms with E-state index in [1.165, 1.54) is 0 Å². The Morgan fingerprint density at radius 2 is 2.04 bits per heavy atom. The minimum atomic E-state index is -0.212. The number of rotatable bonds is 6. The third kappa shape index (κ3) is 4.12. The van der Waals surface area contributed by atoms with Crippen molar-refractivity contribution in [2.75, 3.05) is 0 Å². The zero-order valence-electron chi connectivity index (χ0n) is 14.6. The molecule has 0 spiro atoms. The fourth-order valence-electron chi connectivity index (χ4n) is 2.44. The fourth-order valence-corrected chi connectivity index (χ4v) is 2.44. The molecular weight excluding hydrogens is 318 g/mol. The minimum absolute atomic E-state index is 0.208. The first kappa shape index (κ1) is 16.9. The van der Waals surface area contributed by atoms with E-state index in [2.05, 4.69) is 20.6 Å². The highest BCUT2D eigenvalue weighted by molar-refractivity contribution is 5.92. The van der Waals surface area contributed by atoms with Gasteiger partial charge in [0.1, 0.15) is 5.69 Å². The Balaban J connectivity index is 1.59. The predicted molar refractivity (Wildman–Crippen MR) is 92.0 cm³/mol. The van der Waals surface area contributed by atoms with Crippen molar-refractivity contribution in [1.29, 1.82) is 0 Å². The number of benzene rings is 1. The Morgan fingerprint density at radius 3 is 2.72 bits per heavy atom. The van der Waals surface area contributed by atoms with Crippen molar-refractivity contribution in [1.82, 2.24) is 25.2 Å². The molecule has 1 N–H and O–H groups in total. The molecule has 1 aromatic carbocycles. The van der Waals surface area contributed by atoms with Crippen LogP contribution >= 0.6 is 0 Å². The molecule has 3 rings (SSSR count). The molecule has 0 aliphatic rings. The standard InChI is InChI=1S/C18H21N5O2/c1-12(2)14-10-15(23(3)21-14)18(24)19-11-16-20-17(25-22-16)9-13-7-5-4-6-8-13/h4-8,10,12H,9,11H2,1-3H3,(H,19,24). The second-order valence-corrected chi connectivity index (χ2v) is 6.18. The maximum atomic E-state index is 12.3. The van der Waals surface area contributed by atoms with Gasteiger partial charge in [0.25, 0.3) is 5.91 Å². The van der Waals surface area contributed by atoms with Gasteiger partial charge in [-0.15, -0.1) is 0 Å². The molecule has 7 heteroatoms. The van der Waals surface area contributed by atoms with Crippen molar-refractivity contribution in [3.05, 3.63) is 65.1 Å². The van der Waals surface area contributed by atoms with Crippen molar-refractivity contribution in [3.8, 4) is 0 Å². The van der Waals surface area contributed by atoms with Crippen LogP contribution in [0.2, 0.25) is 0 Å². The molecule has 0 saturated carbocycles. The SMILES string of the molecule is CC(C)c1cc(C(=O)NCc2noc(Cc3ccccc3)n2)n(C)n1. The summed E-state index contributed by atoms with van der Waals surface area (Å²) in [6.45, 7) is 4.29. The molecule has 7 nitrogen and oxygen atoms in total. The quantitative estimate of drug-likeness (QED) is 0.745. The molecule has 1 amide bonds. The summed E-state index contributed by atoms with van der Waals surface area (Å²) in [6, 6.07) is 11.7. The number of aromatic nitrogens is 4. The van der Waals surface area contributed by atoms with Crippen LogP contribution in [-0.2, 0) is 20.0 Å². The maximum Gasteiger partial charge on any atom is 0.269 e. The first-order chi connectivity index (χ1) is 12.0. The number of amides is 1. The van der Waals surface area contributed by atoms with Crippen LogP contribution in [0.5, 0.6) is 0 Å². The lowest BCUT2D eigenvalue weighted by atomic mass is 10.1. The second kappa shape index (κ2) is 7.29. The summed E-state index contributed by atoms with van der Waals surface area (Å²) in [7, 11) is 1.76. The van der Waals surface area contributed by atoms with Gasteiger partial charge in [-0.25, -0.2) is 0 Å². The van der Waals surface area contributed by atoms with Crippen LogP contribution in [0.15, 0.2) is 40.9 Å². The minimum Gasteiger partial charge on any atom is -0.343 e. The Hall–Kier alpha value is -2.96. The van der Waals surface area contributed by atoms with Crippen LogP contribution in [0.25, 0.3) is 0 Å². The molecular formula is C18H21N5O2. The summed E-state index contributed by atoms with van der Waals surface area (Å²) < 4.78 is 6.82. The molecule has 0 radical (unpaired) electrons. The highest BCUT2D eigenvalue weighted by atomic mass is 16.5. The average molecular weight is 339 g/mol. The predicted octanol–water partition coefficient (Wildman–Crippen LogP) is 2.45. The molecule has 0 aliphatic carbocycles. The zero-order valence-corrected chi connectivity index (χ0v) is 14.6. The number of hydrogen-bond acceptors (Lipinski definition) is 5. The first-order valence-electron chi connectivity index (χ1n) is 8.20. The van der Waals surface area contributed by atoms with E-state index < -0.39 is 0 Å². The van der Waals surface area contributed by atoms with Gasteiger partial charge in [-0.3, -0.25) is 9.48 Å². The van der Waals surface area contributed by atoms with Gasteiger partial charge in [-0.2, -0.15) is 10.1 Å². The van der Waals surface area contributed by atoms with Crippen LogP contribution in [0, 0.1) is 0 Å². The van der Waals surface area contributed by atoms with E-state index in [-0.39, 0.29) is 18.4 Å². The van der Waals surface area contributed by atoms with Crippen molar-refractivity contribution in [2.24, 2.45) is 7.05 Å². The Kier molecular flexibility index (Phi) is 4.92. The van der Waals surface area contributed by atoms with Crippen LogP contribution in [0.1, 0.15) is 53.2 Å². The number of carbonyl (C=O) groups is 1. The lowest BCUT2D eigenvalue weighted by Gasteiger charge is -2.01. The molecule has 2 heterocycles. The largest absolute Gasteiger partial charge is 0.343 e. The molecule has 3 aromatic rings. The van der Waals surface area contributed by atoms with Gasteiger partial charge < -0.3 is 9.84 Å². The van der Waals surface area contributed by atoms with Gasteiger partial charge in [0.05, 0.1) is 18.7 Å².